The predicted octanol–water partition coefficient (Wildman–Crippen LogP) is 5.51. The molecule has 24 heavy (non-hydrogen) atoms. The average molecular weight is 331 g/mol. The zero-order valence-corrected chi connectivity index (χ0v) is 15.6. The van der Waals surface area contributed by atoms with E-state index in [0.717, 1.165) is 32.1 Å². The maximum atomic E-state index is 5.81. The lowest BCUT2D eigenvalue weighted by Crippen LogP contribution is -2.36. The highest BCUT2D eigenvalue weighted by Gasteiger charge is 2.18. The van der Waals surface area contributed by atoms with E-state index in [2.05, 4.69) is 35.2 Å². The lowest BCUT2D eigenvalue weighted by molar-refractivity contribution is 0.160. The van der Waals surface area contributed by atoms with Gasteiger partial charge in [0.05, 0.1) is 0 Å². The van der Waals surface area contributed by atoms with Gasteiger partial charge in [-0.25, -0.2) is 0 Å². The van der Waals surface area contributed by atoms with E-state index < -0.39 is 0 Å². The fourth-order valence-electron chi connectivity index (χ4n) is 4.01. The molecule has 0 radical (unpaired) electrons. The Morgan fingerprint density at radius 2 is 1.33 bits per heavy atom. The lowest BCUT2D eigenvalue weighted by atomic mass is 9.96. The molecule has 136 valence electrons. The van der Waals surface area contributed by atoms with Crippen LogP contribution in [0.3, 0.4) is 0 Å². The Morgan fingerprint density at radius 3 is 1.88 bits per heavy atom. The van der Waals surface area contributed by atoms with Gasteiger partial charge in [0, 0.05) is 12.6 Å². The molecule has 1 aromatic rings. The summed E-state index contributed by atoms with van der Waals surface area (Å²) < 4.78 is 0. The number of nitrogens with two attached hydrogens (primary N) is 1. The summed E-state index contributed by atoms with van der Waals surface area (Å²) in [5.41, 5.74) is 7.26. The van der Waals surface area contributed by atoms with Crippen molar-refractivity contribution in [3.05, 3.63) is 35.9 Å². The van der Waals surface area contributed by atoms with Gasteiger partial charge in [-0.2, -0.15) is 0 Å². The molecule has 0 aromatic heterocycles. The standard InChI is InChI=1S/C22H38N2/c23-18-13-19-24(20-21-14-9-8-10-15-21)22-16-11-6-4-2-1-3-5-7-12-17-22/h8-10,14-15,22H,1-7,11-13,16-20,23H2. The Hall–Kier alpha value is -0.860. The van der Waals surface area contributed by atoms with Gasteiger partial charge >= 0.3 is 0 Å². The van der Waals surface area contributed by atoms with Gasteiger partial charge < -0.3 is 5.73 Å². The normalized spacial score (nSPS) is 18.9. The van der Waals surface area contributed by atoms with E-state index in [1.807, 2.05) is 0 Å². The van der Waals surface area contributed by atoms with Crippen molar-refractivity contribution in [3.63, 3.8) is 0 Å². The van der Waals surface area contributed by atoms with E-state index in [9.17, 15) is 0 Å². The van der Waals surface area contributed by atoms with Crippen molar-refractivity contribution < 1.29 is 0 Å². The molecule has 2 rings (SSSR count). The van der Waals surface area contributed by atoms with Gasteiger partial charge in [-0.15, -0.1) is 0 Å². The van der Waals surface area contributed by atoms with Crippen molar-refractivity contribution >= 4 is 0 Å². The molecule has 0 amide bonds. The molecule has 2 N–H and O–H groups in total. The molecule has 0 spiro atoms. The van der Waals surface area contributed by atoms with E-state index in [-0.39, 0.29) is 0 Å². The van der Waals surface area contributed by atoms with Gasteiger partial charge in [0.25, 0.3) is 0 Å². The predicted molar refractivity (Wildman–Crippen MR) is 105 cm³/mol. The van der Waals surface area contributed by atoms with Crippen LogP contribution in [0.5, 0.6) is 0 Å². The van der Waals surface area contributed by atoms with Crippen LogP contribution in [0.4, 0.5) is 0 Å². The monoisotopic (exact) mass is 330 g/mol. The molecular weight excluding hydrogens is 292 g/mol. The third kappa shape index (κ3) is 7.81. The quantitative estimate of drug-likeness (QED) is 0.745. The fraction of sp³-hybridized carbons (Fsp3) is 0.727. The van der Waals surface area contributed by atoms with Crippen molar-refractivity contribution in [2.75, 3.05) is 13.1 Å². The third-order valence-corrected chi connectivity index (χ3v) is 5.47. The van der Waals surface area contributed by atoms with Gasteiger partial charge in [-0.3, -0.25) is 4.90 Å². The van der Waals surface area contributed by atoms with Crippen LogP contribution in [0.2, 0.25) is 0 Å². The SMILES string of the molecule is NCCCN(Cc1ccccc1)C1CCCCCCCCCCC1. The molecule has 0 saturated heterocycles. The van der Waals surface area contributed by atoms with Crippen LogP contribution in [0.25, 0.3) is 0 Å². The summed E-state index contributed by atoms with van der Waals surface area (Å²) in [6, 6.07) is 11.7. The summed E-state index contributed by atoms with van der Waals surface area (Å²) in [4.78, 5) is 2.73. The Bertz CT molecular complexity index is 392. The molecule has 0 unspecified atom stereocenters. The topological polar surface area (TPSA) is 29.3 Å². The average Bonchev–Trinajstić information content (AvgIpc) is 2.60. The fourth-order valence-corrected chi connectivity index (χ4v) is 4.01. The molecule has 0 atom stereocenters. The molecule has 1 aromatic carbocycles. The molecule has 1 aliphatic carbocycles. The third-order valence-electron chi connectivity index (χ3n) is 5.47. The summed E-state index contributed by atoms with van der Waals surface area (Å²) >= 11 is 0. The molecule has 2 nitrogen and oxygen atoms in total. The van der Waals surface area contributed by atoms with Crippen LogP contribution in [0, 0.1) is 0 Å². The van der Waals surface area contributed by atoms with Gasteiger partial charge in [-0.1, -0.05) is 88.1 Å². The summed E-state index contributed by atoms with van der Waals surface area (Å²) in [7, 11) is 0. The number of hydrogen-bond donors (Lipinski definition) is 1. The van der Waals surface area contributed by atoms with E-state index in [1.165, 1.54) is 76.2 Å². The molecular formula is C22H38N2. The first-order valence-electron chi connectivity index (χ1n) is 10.4. The number of nitrogens with zero attached hydrogens (tertiary/aromatic N) is 1. The number of hydrogen-bond acceptors (Lipinski definition) is 2. The first-order chi connectivity index (χ1) is 11.9. The van der Waals surface area contributed by atoms with Crippen LogP contribution in [0.1, 0.15) is 82.6 Å². The molecule has 2 heteroatoms. The molecule has 1 saturated carbocycles. The van der Waals surface area contributed by atoms with Gasteiger partial charge in [0.1, 0.15) is 0 Å². The number of rotatable bonds is 6. The second-order valence-corrected chi connectivity index (χ2v) is 7.51. The second kappa shape index (κ2) is 12.5. The summed E-state index contributed by atoms with van der Waals surface area (Å²) in [6.07, 6.45) is 16.7. The van der Waals surface area contributed by atoms with Crippen molar-refractivity contribution in [3.8, 4) is 0 Å². The Kier molecular flexibility index (Phi) is 10.1. The highest BCUT2D eigenvalue weighted by atomic mass is 15.1. The minimum absolute atomic E-state index is 0.746. The van der Waals surface area contributed by atoms with Crippen LogP contribution in [-0.4, -0.2) is 24.0 Å². The second-order valence-electron chi connectivity index (χ2n) is 7.51. The molecule has 1 fully saturated rings. The Labute approximate surface area is 149 Å². The van der Waals surface area contributed by atoms with Crippen LogP contribution < -0.4 is 5.73 Å². The van der Waals surface area contributed by atoms with Crippen LogP contribution in [0.15, 0.2) is 30.3 Å². The lowest BCUT2D eigenvalue weighted by Gasteiger charge is -2.32. The summed E-state index contributed by atoms with van der Waals surface area (Å²) in [5, 5.41) is 0. The summed E-state index contributed by atoms with van der Waals surface area (Å²) in [5.74, 6) is 0. The minimum Gasteiger partial charge on any atom is -0.330 e. The molecule has 0 aliphatic heterocycles. The zero-order valence-electron chi connectivity index (χ0n) is 15.6. The number of benzene rings is 1. The van der Waals surface area contributed by atoms with E-state index in [4.69, 9.17) is 5.73 Å². The van der Waals surface area contributed by atoms with Gasteiger partial charge in [-0.05, 0) is 37.9 Å². The maximum Gasteiger partial charge on any atom is 0.0236 e. The smallest absolute Gasteiger partial charge is 0.0236 e. The van der Waals surface area contributed by atoms with Crippen molar-refractivity contribution in [2.45, 2.75) is 89.6 Å². The van der Waals surface area contributed by atoms with E-state index in [1.54, 1.807) is 0 Å². The molecule has 1 aliphatic rings. The van der Waals surface area contributed by atoms with Crippen LogP contribution in [-0.2, 0) is 6.54 Å². The zero-order chi connectivity index (χ0) is 16.9. The minimum atomic E-state index is 0.746. The largest absolute Gasteiger partial charge is 0.330 e. The van der Waals surface area contributed by atoms with E-state index >= 15 is 0 Å². The molecule has 0 bridgehead atoms. The highest BCUT2D eigenvalue weighted by Crippen LogP contribution is 2.22. The van der Waals surface area contributed by atoms with Gasteiger partial charge in [0.2, 0.25) is 0 Å². The Morgan fingerprint density at radius 1 is 0.792 bits per heavy atom. The van der Waals surface area contributed by atoms with Crippen molar-refractivity contribution in [1.29, 1.82) is 0 Å². The van der Waals surface area contributed by atoms with Crippen molar-refractivity contribution in [1.82, 2.24) is 4.90 Å². The maximum absolute atomic E-state index is 5.81. The van der Waals surface area contributed by atoms with Crippen LogP contribution >= 0.6 is 0 Å². The van der Waals surface area contributed by atoms with E-state index in [0.29, 0.717) is 0 Å². The Balaban J connectivity index is 1.96. The molecule has 0 heterocycles. The first kappa shape index (κ1) is 19.5. The first-order valence-corrected chi connectivity index (χ1v) is 10.4. The highest BCUT2D eigenvalue weighted by molar-refractivity contribution is 5.14. The summed E-state index contributed by atoms with van der Waals surface area (Å²) in [6.45, 7) is 3.04. The van der Waals surface area contributed by atoms with Gasteiger partial charge in [0.15, 0.2) is 0 Å². The van der Waals surface area contributed by atoms with Crippen molar-refractivity contribution in [2.24, 2.45) is 5.73 Å².